The molecular weight excluding hydrogens is 258 g/mol. The van der Waals surface area contributed by atoms with Crippen molar-refractivity contribution in [1.82, 2.24) is 20.5 Å². The Labute approximate surface area is 116 Å². The minimum Gasteiger partial charge on any atom is -0.357 e. The van der Waals surface area contributed by atoms with Crippen LogP contribution in [0, 0.1) is 11.3 Å². The van der Waals surface area contributed by atoms with E-state index in [1.165, 1.54) is 23.2 Å². The van der Waals surface area contributed by atoms with Gasteiger partial charge in [-0.15, -0.1) is 0 Å². The van der Waals surface area contributed by atoms with Crippen LogP contribution in [0.5, 0.6) is 0 Å². The highest BCUT2D eigenvalue weighted by molar-refractivity contribution is 5.96. The maximum Gasteiger partial charge on any atom is 0.273 e. The lowest BCUT2D eigenvalue weighted by atomic mass is 10.1. The van der Waals surface area contributed by atoms with Gasteiger partial charge in [0.15, 0.2) is 0 Å². The van der Waals surface area contributed by atoms with Gasteiger partial charge in [-0.25, -0.2) is 4.98 Å². The molecule has 1 aromatic rings. The Morgan fingerprint density at radius 1 is 1.55 bits per heavy atom. The quantitative estimate of drug-likeness (QED) is 0.728. The number of aromatic nitrogens is 1. The fourth-order valence-corrected chi connectivity index (χ4v) is 2.08. The topological polar surface area (TPSA) is 98.1 Å². The third-order valence-electron chi connectivity index (χ3n) is 3.17. The summed E-state index contributed by atoms with van der Waals surface area (Å²) in [5, 5.41) is 14.4. The highest BCUT2D eigenvalue weighted by atomic mass is 16.2. The normalized spacial score (nSPS) is 18.2. The molecule has 0 aromatic carbocycles. The first-order chi connectivity index (χ1) is 9.67. The number of amides is 2. The van der Waals surface area contributed by atoms with Crippen LogP contribution in [0.4, 0.5) is 0 Å². The first kappa shape index (κ1) is 14.0. The summed E-state index contributed by atoms with van der Waals surface area (Å²) in [6.07, 6.45) is 1.35. The molecule has 0 aliphatic carbocycles. The molecule has 1 atom stereocenters. The van der Waals surface area contributed by atoms with E-state index in [2.05, 4.69) is 15.6 Å². The lowest BCUT2D eigenvalue weighted by Crippen LogP contribution is -2.59. The predicted octanol–water partition coefficient (Wildman–Crippen LogP) is -0.887. The Balaban J connectivity index is 2.20. The van der Waals surface area contributed by atoms with Crippen molar-refractivity contribution < 1.29 is 9.59 Å². The molecule has 1 aromatic heterocycles. The largest absolute Gasteiger partial charge is 0.357 e. The van der Waals surface area contributed by atoms with Crippen LogP contribution in [-0.4, -0.2) is 54.4 Å². The number of carbonyl (C=O) groups is 2. The van der Waals surface area contributed by atoms with Gasteiger partial charge in [0, 0.05) is 32.9 Å². The van der Waals surface area contributed by atoms with Crippen LogP contribution in [0.3, 0.4) is 0 Å². The molecule has 1 unspecified atom stereocenters. The Kier molecular flexibility index (Phi) is 4.27. The molecule has 2 heterocycles. The minimum atomic E-state index is -0.543. The van der Waals surface area contributed by atoms with Gasteiger partial charge in [0.2, 0.25) is 5.91 Å². The van der Waals surface area contributed by atoms with Gasteiger partial charge in [0.05, 0.1) is 5.56 Å². The summed E-state index contributed by atoms with van der Waals surface area (Å²) >= 11 is 0. The first-order valence-corrected chi connectivity index (χ1v) is 6.27. The molecule has 0 spiro atoms. The molecule has 1 aliphatic rings. The van der Waals surface area contributed by atoms with Crippen LogP contribution in [0.1, 0.15) is 16.1 Å². The van der Waals surface area contributed by atoms with Gasteiger partial charge in [0.25, 0.3) is 5.91 Å². The molecule has 20 heavy (non-hydrogen) atoms. The van der Waals surface area contributed by atoms with Crippen molar-refractivity contribution in [3.8, 4) is 6.07 Å². The molecule has 2 N–H and O–H groups in total. The highest BCUT2D eigenvalue weighted by Crippen LogP contribution is 2.10. The number of likely N-dealkylation sites (N-methyl/N-ethyl adjacent to an activating group) is 1. The smallest absolute Gasteiger partial charge is 0.273 e. The summed E-state index contributed by atoms with van der Waals surface area (Å²) in [6.45, 7) is 1.50. The summed E-state index contributed by atoms with van der Waals surface area (Å²) < 4.78 is 0. The number of hydrogen-bond acceptors (Lipinski definition) is 5. The second-order valence-electron chi connectivity index (χ2n) is 4.38. The monoisotopic (exact) mass is 273 g/mol. The van der Waals surface area contributed by atoms with Gasteiger partial charge in [-0.1, -0.05) is 0 Å². The van der Waals surface area contributed by atoms with Crippen molar-refractivity contribution in [2.24, 2.45) is 0 Å². The molecule has 1 saturated heterocycles. The SMILES string of the molecule is CNC(=O)C1CNCCN1C(=O)c1ccc(C#N)cn1. The van der Waals surface area contributed by atoms with Crippen LogP contribution >= 0.6 is 0 Å². The molecule has 7 nitrogen and oxygen atoms in total. The molecular formula is C13H15N5O2. The predicted molar refractivity (Wildman–Crippen MR) is 70.7 cm³/mol. The fraction of sp³-hybridized carbons (Fsp3) is 0.385. The average molecular weight is 273 g/mol. The second-order valence-corrected chi connectivity index (χ2v) is 4.38. The Morgan fingerprint density at radius 2 is 2.35 bits per heavy atom. The van der Waals surface area contributed by atoms with E-state index >= 15 is 0 Å². The summed E-state index contributed by atoms with van der Waals surface area (Å²) in [6, 6.07) is 4.45. The summed E-state index contributed by atoms with van der Waals surface area (Å²) in [5.41, 5.74) is 0.629. The number of nitrogens with zero attached hydrogens (tertiary/aromatic N) is 3. The van der Waals surface area contributed by atoms with Gasteiger partial charge in [-0.3, -0.25) is 9.59 Å². The van der Waals surface area contributed by atoms with Crippen LogP contribution in [0.15, 0.2) is 18.3 Å². The van der Waals surface area contributed by atoms with E-state index in [4.69, 9.17) is 5.26 Å². The number of piperazine rings is 1. The maximum atomic E-state index is 12.4. The Bertz CT molecular complexity index is 549. The Morgan fingerprint density at radius 3 is 2.95 bits per heavy atom. The van der Waals surface area contributed by atoms with E-state index < -0.39 is 6.04 Å². The van der Waals surface area contributed by atoms with E-state index in [0.717, 1.165) is 0 Å². The number of pyridine rings is 1. The summed E-state index contributed by atoms with van der Waals surface area (Å²) in [7, 11) is 1.54. The zero-order chi connectivity index (χ0) is 14.5. The number of carbonyl (C=O) groups excluding carboxylic acids is 2. The third kappa shape index (κ3) is 2.75. The van der Waals surface area contributed by atoms with Crippen molar-refractivity contribution in [3.05, 3.63) is 29.6 Å². The van der Waals surface area contributed by atoms with Crippen LogP contribution in [0.25, 0.3) is 0 Å². The van der Waals surface area contributed by atoms with E-state index in [0.29, 0.717) is 25.2 Å². The van der Waals surface area contributed by atoms with E-state index in [-0.39, 0.29) is 17.5 Å². The third-order valence-corrected chi connectivity index (χ3v) is 3.17. The zero-order valence-corrected chi connectivity index (χ0v) is 11.1. The molecule has 1 aliphatic heterocycles. The van der Waals surface area contributed by atoms with Crippen LogP contribution < -0.4 is 10.6 Å². The molecule has 0 bridgehead atoms. The highest BCUT2D eigenvalue weighted by Gasteiger charge is 2.32. The minimum absolute atomic E-state index is 0.209. The average Bonchev–Trinajstić information content (AvgIpc) is 2.53. The molecule has 2 amide bonds. The van der Waals surface area contributed by atoms with Crippen molar-refractivity contribution in [2.75, 3.05) is 26.7 Å². The standard InChI is InChI=1S/C13H15N5O2/c1-15-12(19)11-8-16-4-5-18(11)13(20)10-3-2-9(6-14)7-17-10/h2-3,7,11,16H,4-5,8H2,1H3,(H,15,19). The van der Waals surface area contributed by atoms with Crippen LogP contribution in [0.2, 0.25) is 0 Å². The van der Waals surface area contributed by atoms with Crippen molar-refractivity contribution in [3.63, 3.8) is 0 Å². The van der Waals surface area contributed by atoms with Gasteiger partial charge in [-0.2, -0.15) is 5.26 Å². The van der Waals surface area contributed by atoms with Crippen molar-refractivity contribution in [1.29, 1.82) is 5.26 Å². The summed E-state index contributed by atoms with van der Waals surface area (Å²) in [4.78, 5) is 29.7. The molecule has 1 fully saturated rings. The Hall–Kier alpha value is -2.46. The molecule has 0 saturated carbocycles. The van der Waals surface area contributed by atoms with E-state index in [9.17, 15) is 9.59 Å². The molecule has 0 radical (unpaired) electrons. The zero-order valence-electron chi connectivity index (χ0n) is 11.1. The summed E-state index contributed by atoms with van der Waals surface area (Å²) in [5.74, 6) is -0.510. The number of nitriles is 1. The van der Waals surface area contributed by atoms with E-state index in [1.54, 1.807) is 7.05 Å². The van der Waals surface area contributed by atoms with Gasteiger partial charge < -0.3 is 15.5 Å². The second kappa shape index (κ2) is 6.12. The molecule has 2 rings (SSSR count). The molecule has 7 heteroatoms. The van der Waals surface area contributed by atoms with Gasteiger partial charge >= 0.3 is 0 Å². The van der Waals surface area contributed by atoms with Crippen molar-refractivity contribution in [2.45, 2.75) is 6.04 Å². The van der Waals surface area contributed by atoms with Crippen LogP contribution in [-0.2, 0) is 4.79 Å². The lowest BCUT2D eigenvalue weighted by Gasteiger charge is -2.34. The van der Waals surface area contributed by atoms with Gasteiger partial charge in [0.1, 0.15) is 17.8 Å². The van der Waals surface area contributed by atoms with Crippen molar-refractivity contribution >= 4 is 11.8 Å². The lowest BCUT2D eigenvalue weighted by molar-refractivity contribution is -0.125. The molecule has 104 valence electrons. The first-order valence-electron chi connectivity index (χ1n) is 6.27. The number of rotatable bonds is 2. The van der Waals surface area contributed by atoms with E-state index in [1.807, 2.05) is 6.07 Å². The maximum absolute atomic E-state index is 12.4. The van der Waals surface area contributed by atoms with Gasteiger partial charge in [-0.05, 0) is 12.1 Å². The fourth-order valence-electron chi connectivity index (χ4n) is 2.08. The number of nitrogens with one attached hydrogen (secondary N) is 2. The number of hydrogen-bond donors (Lipinski definition) is 2.